The smallest absolute Gasteiger partial charge is 0.272 e. The number of nitrogens with one attached hydrogen (secondary N) is 1. The van der Waals surface area contributed by atoms with Crippen LogP contribution in [0.2, 0.25) is 0 Å². The maximum absolute atomic E-state index is 13.0. The number of piperidine rings is 1. The number of rotatable bonds is 5. The number of anilines is 2. The molecule has 4 heterocycles. The molecule has 4 rings (SSSR count). The highest BCUT2D eigenvalue weighted by molar-refractivity contribution is 7.17. The van der Waals surface area contributed by atoms with Crippen LogP contribution in [0.25, 0.3) is 10.2 Å². The van der Waals surface area contributed by atoms with Crippen molar-refractivity contribution in [2.75, 3.05) is 23.3 Å². The van der Waals surface area contributed by atoms with Crippen molar-refractivity contribution in [3.63, 3.8) is 0 Å². The van der Waals surface area contributed by atoms with Crippen molar-refractivity contribution in [3.05, 3.63) is 45.7 Å². The standard InChI is InChI=1S/C21H27N5OS/c1-4-26-20(27)19-18(24-21(26)23-14(2)3)16(13-28-19)15-8-11-25(12-9-15)17-7-5-6-10-22-17/h5-7,10,13-15H,4,8-9,11-12H2,1-3H3,(H,23,24). The molecule has 0 bridgehead atoms. The Kier molecular flexibility index (Phi) is 5.35. The van der Waals surface area contributed by atoms with Crippen molar-refractivity contribution in [3.8, 4) is 0 Å². The van der Waals surface area contributed by atoms with Gasteiger partial charge in [-0.2, -0.15) is 0 Å². The van der Waals surface area contributed by atoms with Gasteiger partial charge < -0.3 is 10.2 Å². The van der Waals surface area contributed by atoms with Crippen LogP contribution in [0.4, 0.5) is 11.8 Å². The predicted octanol–water partition coefficient (Wildman–Crippen LogP) is 4.08. The van der Waals surface area contributed by atoms with Gasteiger partial charge in [0.2, 0.25) is 5.95 Å². The Bertz CT molecular complexity index is 1000. The first-order chi connectivity index (χ1) is 13.6. The van der Waals surface area contributed by atoms with Crippen LogP contribution >= 0.6 is 11.3 Å². The van der Waals surface area contributed by atoms with Gasteiger partial charge in [-0.15, -0.1) is 11.3 Å². The van der Waals surface area contributed by atoms with Gasteiger partial charge in [0.1, 0.15) is 10.5 Å². The predicted molar refractivity (Wildman–Crippen MR) is 117 cm³/mol. The van der Waals surface area contributed by atoms with E-state index in [0.29, 0.717) is 18.4 Å². The van der Waals surface area contributed by atoms with Gasteiger partial charge in [0.05, 0.1) is 5.52 Å². The van der Waals surface area contributed by atoms with Crippen molar-refractivity contribution in [1.82, 2.24) is 14.5 Å². The first-order valence-electron chi connectivity index (χ1n) is 10.0. The molecule has 0 aromatic carbocycles. The lowest BCUT2D eigenvalue weighted by molar-refractivity contribution is 0.505. The van der Waals surface area contributed by atoms with Crippen molar-refractivity contribution in [2.24, 2.45) is 0 Å². The largest absolute Gasteiger partial charge is 0.357 e. The van der Waals surface area contributed by atoms with Crippen LogP contribution in [-0.2, 0) is 6.54 Å². The highest BCUT2D eigenvalue weighted by Crippen LogP contribution is 2.36. The minimum Gasteiger partial charge on any atom is -0.357 e. The molecule has 1 aliphatic rings. The van der Waals surface area contributed by atoms with Crippen molar-refractivity contribution in [2.45, 2.75) is 52.1 Å². The molecule has 0 amide bonds. The number of aromatic nitrogens is 3. The highest BCUT2D eigenvalue weighted by Gasteiger charge is 2.25. The molecule has 28 heavy (non-hydrogen) atoms. The SMILES string of the molecule is CCn1c(NC(C)C)nc2c(C3CCN(c4ccccn4)CC3)csc2c1=O. The molecule has 6 nitrogen and oxygen atoms in total. The molecule has 0 radical (unpaired) electrons. The first kappa shape index (κ1) is 18.9. The van der Waals surface area contributed by atoms with Gasteiger partial charge in [0.15, 0.2) is 0 Å². The summed E-state index contributed by atoms with van der Waals surface area (Å²) in [4.78, 5) is 24.7. The van der Waals surface area contributed by atoms with Crippen LogP contribution in [0.5, 0.6) is 0 Å². The summed E-state index contributed by atoms with van der Waals surface area (Å²) in [5.41, 5.74) is 2.18. The van der Waals surface area contributed by atoms with Crippen LogP contribution in [0.15, 0.2) is 34.6 Å². The summed E-state index contributed by atoms with van der Waals surface area (Å²) in [6.45, 7) is 8.69. The van der Waals surface area contributed by atoms with Crippen molar-refractivity contribution < 1.29 is 0 Å². The second kappa shape index (κ2) is 7.91. The zero-order chi connectivity index (χ0) is 19.7. The molecule has 0 atom stereocenters. The zero-order valence-electron chi connectivity index (χ0n) is 16.7. The lowest BCUT2D eigenvalue weighted by Gasteiger charge is -2.32. The fourth-order valence-corrected chi connectivity index (χ4v) is 4.96. The number of nitrogens with zero attached hydrogens (tertiary/aromatic N) is 4. The van der Waals surface area contributed by atoms with Gasteiger partial charge >= 0.3 is 0 Å². The van der Waals surface area contributed by atoms with Gasteiger partial charge in [-0.1, -0.05) is 6.07 Å². The third-order valence-electron chi connectivity index (χ3n) is 5.35. The molecule has 1 aliphatic heterocycles. The van der Waals surface area contributed by atoms with E-state index < -0.39 is 0 Å². The molecule has 0 aliphatic carbocycles. The molecule has 1 fully saturated rings. The quantitative estimate of drug-likeness (QED) is 0.703. The lowest BCUT2D eigenvalue weighted by Crippen LogP contribution is -2.33. The van der Waals surface area contributed by atoms with Gasteiger partial charge in [-0.3, -0.25) is 9.36 Å². The summed E-state index contributed by atoms with van der Waals surface area (Å²) in [6.07, 6.45) is 3.95. The van der Waals surface area contributed by atoms with E-state index in [1.165, 1.54) is 16.9 Å². The van der Waals surface area contributed by atoms with Gasteiger partial charge in [0, 0.05) is 31.9 Å². The minimum atomic E-state index is 0.0674. The molecule has 0 saturated carbocycles. The van der Waals surface area contributed by atoms with E-state index >= 15 is 0 Å². The van der Waals surface area contributed by atoms with Crippen LogP contribution in [-0.4, -0.2) is 33.7 Å². The number of hydrogen-bond acceptors (Lipinski definition) is 6. The van der Waals surface area contributed by atoms with Crippen LogP contribution in [0.1, 0.15) is 45.1 Å². The number of pyridine rings is 1. The van der Waals surface area contributed by atoms with E-state index in [1.807, 2.05) is 25.3 Å². The monoisotopic (exact) mass is 397 g/mol. The molecule has 7 heteroatoms. The second-order valence-corrected chi connectivity index (χ2v) is 8.48. The topological polar surface area (TPSA) is 63.1 Å². The van der Waals surface area contributed by atoms with E-state index in [2.05, 4.69) is 40.5 Å². The fourth-order valence-electron chi connectivity index (χ4n) is 3.93. The lowest BCUT2D eigenvalue weighted by atomic mass is 9.90. The summed E-state index contributed by atoms with van der Waals surface area (Å²) in [5.74, 6) is 2.16. The third kappa shape index (κ3) is 3.51. The Labute approximate surface area is 169 Å². The van der Waals surface area contributed by atoms with E-state index in [9.17, 15) is 4.79 Å². The van der Waals surface area contributed by atoms with E-state index in [-0.39, 0.29) is 11.6 Å². The average molecular weight is 398 g/mol. The molecule has 3 aromatic heterocycles. The van der Waals surface area contributed by atoms with E-state index in [0.717, 1.165) is 42.0 Å². The number of fused-ring (bicyclic) bond motifs is 1. The molecule has 148 valence electrons. The zero-order valence-corrected chi connectivity index (χ0v) is 17.5. The number of thiophene rings is 1. The normalized spacial score (nSPS) is 15.5. The van der Waals surface area contributed by atoms with E-state index in [1.54, 1.807) is 4.57 Å². The molecular formula is C21H27N5OS. The van der Waals surface area contributed by atoms with Crippen LogP contribution < -0.4 is 15.8 Å². The Morgan fingerprint density at radius 1 is 1.29 bits per heavy atom. The third-order valence-corrected chi connectivity index (χ3v) is 6.32. The fraction of sp³-hybridized carbons (Fsp3) is 0.476. The first-order valence-corrected chi connectivity index (χ1v) is 10.9. The summed E-state index contributed by atoms with van der Waals surface area (Å²) < 4.78 is 2.52. The number of hydrogen-bond donors (Lipinski definition) is 1. The maximum atomic E-state index is 13.0. The average Bonchev–Trinajstić information content (AvgIpc) is 3.13. The van der Waals surface area contributed by atoms with Crippen molar-refractivity contribution in [1.29, 1.82) is 0 Å². The molecular weight excluding hydrogens is 370 g/mol. The molecule has 3 aromatic rings. The molecule has 1 N–H and O–H groups in total. The van der Waals surface area contributed by atoms with Gasteiger partial charge in [0.25, 0.3) is 5.56 Å². The Morgan fingerprint density at radius 2 is 2.07 bits per heavy atom. The Balaban J connectivity index is 1.63. The molecule has 0 spiro atoms. The van der Waals surface area contributed by atoms with Gasteiger partial charge in [-0.25, -0.2) is 9.97 Å². The molecule has 1 saturated heterocycles. The second-order valence-electron chi connectivity index (χ2n) is 7.60. The molecule has 0 unspecified atom stereocenters. The van der Waals surface area contributed by atoms with Crippen LogP contribution in [0.3, 0.4) is 0 Å². The Morgan fingerprint density at radius 3 is 2.71 bits per heavy atom. The minimum absolute atomic E-state index is 0.0674. The summed E-state index contributed by atoms with van der Waals surface area (Å²) >= 11 is 1.54. The van der Waals surface area contributed by atoms with Crippen LogP contribution in [0, 0.1) is 0 Å². The highest BCUT2D eigenvalue weighted by atomic mass is 32.1. The summed E-state index contributed by atoms with van der Waals surface area (Å²) in [5, 5.41) is 5.50. The van der Waals surface area contributed by atoms with E-state index in [4.69, 9.17) is 4.98 Å². The Hall–Kier alpha value is -2.41. The summed E-state index contributed by atoms with van der Waals surface area (Å²) in [6, 6.07) is 6.28. The maximum Gasteiger partial charge on any atom is 0.272 e. The summed E-state index contributed by atoms with van der Waals surface area (Å²) in [7, 11) is 0. The van der Waals surface area contributed by atoms with Gasteiger partial charge in [-0.05, 0) is 62.6 Å². The van der Waals surface area contributed by atoms with Crippen molar-refractivity contribution >= 4 is 33.3 Å².